The molecule has 41 heavy (non-hydrogen) atoms. The zero-order valence-electron chi connectivity index (χ0n) is 24.5. The summed E-state index contributed by atoms with van der Waals surface area (Å²) in [5.41, 5.74) is 5.56. The molecule has 3 aromatic heterocycles. The number of aromatic nitrogens is 5. The highest BCUT2D eigenvalue weighted by molar-refractivity contribution is 5.78. The van der Waals surface area contributed by atoms with Crippen LogP contribution < -0.4 is 10.2 Å². The van der Waals surface area contributed by atoms with Crippen LogP contribution in [0.4, 0.5) is 17.3 Å². The Morgan fingerprint density at radius 3 is 2.49 bits per heavy atom. The first-order valence-corrected chi connectivity index (χ1v) is 14.3. The summed E-state index contributed by atoms with van der Waals surface area (Å²) in [5.74, 6) is 0.542. The maximum absolute atomic E-state index is 5.65. The molecule has 0 radical (unpaired) electrons. The predicted octanol–water partition coefficient (Wildman–Crippen LogP) is 5.08. The number of piperazine rings is 1. The number of hydrogen-bond acceptors (Lipinski definition) is 9. The Bertz CT molecular complexity index is 1380. The minimum absolute atomic E-state index is 0.169. The fraction of sp³-hybridized carbons (Fsp3) is 0.419. The number of ether oxygens (including phenoxy) is 2. The minimum Gasteiger partial charge on any atom is -0.369 e. The highest BCUT2D eigenvalue weighted by atomic mass is 16.7. The summed E-state index contributed by atoms with van der Waals surface area (Å²) in [6, 6.07) is 14.3. The number of nitrogens with zero attached hydrogens (tertiary/aromatic N) is 7. The smallest absolute Gasteiger partial charge is 0.227 e. The second-order valence-corrected chi connectivity index (χ2v) is 11.0. The molecule has 0 atom stereocenters. The van der Waals surface area contributed by atoms with E-state index in [1.54, 1.807) is 12.4 Å². The molecule has 0 spiro atoms. The van der Waals surface area contributed by atoms with Crippen LogP contribution in [0.3, 0.4) is 0 Å². The molecule has 0 aliphatic carbocycles. The number of aryl methyl sites for hydroxylation is 1. The van der Waals surface area contributed by atoms with Crippen LogP contribution in [0.5, 0.6) is 0 Å². The van der Waals surface area contributed by atoms with Gasteiger partial charge in [0, 0.05) is 86.6 Å². The number of anilines is 3. The molecule has 1 aliphatic heterocycles. The van der Waals surface area contributed by atoms with Crippen LogP contribution in [0.1, 0.15) is 27.7 Å². The Labute approximate surface area is 242 Å². The lowest BCUT2D eigenvalue weighted by Crippen LogP contribution is -2.47. The molecule has 4 heterocycles. The van der Waals surface area contributed by atoms with Crippen LogP contribution in [0.25, 0.3) is 22.5 Å². The number of hydrogen-bond donors (Lipinski definition) is 1. The van der Waals surface area contributed by atoms with Crippen molar-refractivity contribution in [1.29, 1.82) is 0 Å². The van der Waals surface area contributed by atoms with Gasteiger partial charge in [-0.3, -0.25) is 14.6 Å². The van der Waals surface area contributed by atoms with Gasteiger partial charge in [-0.05, 0) is 70.2 Å². The van der Waals surface area contributed by atoms with Crippen molar-refractivity contribution >= 4 is 17.3 Å². The first-order valence-electron chi connectivity index (χ1n) is 14.3. The van der Waals surface area contributed by atoms with Crippen molar-refractivity contribution in [3.63, 3.8) is 0 Å². The summed E-state index contributed by atoms with van der Waals surface area (Å²) < 4.78 is 13.2. The van der Waals surface area contributed by atoms with E-state index >= 15 is 0 Å². The number of benzene rings is 1. The van der Waals surface area contributed by atoms with Crippen molar-refractivity contribution in [2.45, 2.75) is 39.8 Å². The lowest BCUT2D eigenvalue weighted by molar-refractivity contribution is -0.122. The third-order valence-corrected chi connectivity index (χ3v) is 6.94. The van der Waals surface area contributed by atoms with E-state index in [4.69, 9.17) is 19.6 Å². The second-order valence-electron chi connectivity index (χ2n) is 11.0. The van der Waals surface area contributed by atoms with Crippen LogP contribution in [0.2, 0.25) is 0 Å². The van der Waals surface area contributed by atoms with Gasteiger partial charge in [-0.2, -0.15) is 5.10 Å². The van der Waals surface area contributed by atoms with E-state index in [-0.39, 0.29) is 5.60 Å². The zero-order chi connectivity index (χ0) is 28.7. The lowest BCUT2D eigenvalue weighted by Gasteiger charge is -2.36. The molecular formula is C31H40N8O2. The Morgan fingerprint density at radius 2 is 1.78 bits per heavy atom. The molecule has 10 nitrogen and oxygen atoms in total. The fourth-order valence-corrected chi connectivity index (χ4v) is 4.64. The highest BCUT2D eigenvalue weighted by Gasteiger charge is 2.18. The summed E-state index contributed by atoms with van der Waals surface area (Å²) in [7, 11) is 0. The molecule has 1 fully saturated rings. The summed E-state index contributed by atoms with van der Waals surface area (Å²) in [6.45, 7) is 14.9. The Hall–Kier alpha value is -3.86. The van der Waals surface area contributed by atoms with E-state index in [2.05, 4.69) is 56.3 Å². The van der Waals surface area contributed by atoms with E-state index in [0.29, 0.717) is 19.3 Å². The topological polar surface area (TPSA) is 93.5 Å². The van der Waals surface area contributed by atoms with E-state index in [0.717, 1.165) is 67.5 Å². The molecule has 216 valence electrons. The van der Waals surface area contributed by atoms with Gasteiger partial charge in [-0.15, -0.1) is 0 Å². The van der Waals surface area contributed by atoms with Gasteiger partial charge in [0.2, 0.25) is 5.95 Å². The molecule has 0 bridgehead atoms. The molecule has 1 aromatic carbocycles. The first-order chi connectivity index (χ1) is 19.9. The lowest BCUT2D eigenvalue weighted by atomic mass is 10.1. The molecule has 1 saturated heterocycles. The number of rotatable bonds is 11. The van der Waals surface area contributed by atoms with Crippen molar-refractivity contribution in [2.24, 2.45) is 0 Å². The first kappa shape index (κ1) is 28.7. The van der Waals surface area contributed by atoms with Crippen LogP contribution >= 0.6 is 0 Å². The standard InChI is InChI=1S/C31H40N8O2/c1-5-39-22-27(29(36-39)24-7-6-13-32-21-24)28-12-14-33-30(35-28)34-25-8-10-26(11-9-25)38-17-15-37(16-18-38)19-20-40-23-41-31(2,3)4/h6-14,21-22H,5,15-20,23H2,1-4H3,(H,33,34,35). The molecule has 5 rings (SSSR count). The molecule has 1 N–H and O–H groups in total. The molecule has 10 heteroatoms. The third-order valence-electron chi connectivity index (χ3n) is 6.94. The average molecular weight is 557 g/mol. The summed E-state index contributed by atoms with van der Waals surface area (Å²) >= 11 is 0. The molecule has 1 aliphatic rings. The van der Waals surface area contributed by atoms with Crippen LogP contribution in [0.15, 0.2) is 67.3 Å². The molecule has 0 amide bonds. The van der Waals surface area contributed by atoms with E-state index in [9.17, 15) is 0 Å². The Kier molecular flexibility index (Phi) is 9.23. The van der Waals surface area contributed by atoms with Gasteiger partial charge in [0.1, 0.15) is 12.5 Å². The van der Waals surface area contributed by atoms with Crippen molar-refractivity contribution in [1.82, 2.24) is 29.6 Å². The Morgan fingerprint density at radius 1 is 0.976 bits per heavy atom. The maximum Gasteiger partial charge on any atom is 0.227 e. The highest BCUT2D eigenvalue weighted by Crippen LogP contribution is 2.30. The van der Waals surface area contributed by atoms with Gasteiger partial charge < -0.3 is 19.7 Å². The summed E-state index contributed by atoms with van der Waals surface area (Å²) in [6.07, 6.45) is 7.39. The maximum atomic E-state index is 5.65. The summed E-state index contributed by atoms with van der Waals surface area (Å²) in [4.78, 5) is 18.4. The average Bonchev–Trinajstić information content (AvgIpc) is 3.43. The fourth-order valence-electron chi connectivity index (χ4n) is 4.64. The monoisotopic (exact) mass is 556 g/mol. The van der Waals surface area contributed by atoms with Crippen molar-refractivity contribution < 1.29 is 9.47 Å². The van der Waals surface area contributed by atoms with Crippen LogP contribution in [-0.4, -0.2) is 81.4 Å². The summed E-state index contributed by atoms with van der Waals surface area (Å²) in [5, 5.41) is 8.12. The van der Waals surface area contributed by atoms with Crippen molar-refractivity contribution in [3.05, 3.63) is 67.3 Å². The van der Waals surface area contributed by atoms with Gasteiger partial charge in [0.15, 0.2) is 0 Å². The molecule has 0 saturated carbocycles. The number of pyridine rings is 1. The quantitative estimate of drug-likeness (QED) is 0.201. The van der Waals surface area contributed by atoms with E-state index < -0.39 is 0 Å². The molecule has 0 unspecified atom stereocenters. The van der Waals surface area contributed by atoms with Crippen molar-refractivity contribution in [3.8, 4) is 22.5 Å². The van der Waals surface area contributed by atoms with Gasteiger partial charge in [-0.1, -0.05) is 0 Å². The second kappa shape index (κ2) is 13.2. The zero-order valence-corrected chi connectivity index (χ0v) is 24.5. The molecule has 4 aromatic rings. The molecular weight excluding hydrogens is 516 g/mol. The Balaban J connectivity index is 1.16. The van der Waals surface area contributed by atoms with Crippen molar-refractivity contribution in [2.75, 3.05) is 56.3 Å². The van der Waals surface area contributed by atoms with E-state index in [1.165, 1.54) is 5.69 Å². The van der Waals surface area contributed by atoms with Gasteiger partial charge in [-0.25, -0.2) is 9.97 Å². The number of nitrogens with one attached hydrogen (secondary N) is 1. The largest absolute Gasteiger partial charge is 0.369 e. The van der Waals surface area contributed by atoms with E-state index in [1.807, 2.05) is 56.0 Å². The van der Waals surface area contributed by atoms with Gasteiger partial charge >= 0.3 is 0 Å². The normalized spacial score (nSPS) is 14.4. The van der Waals surface area contributed by atoms with Gasteiger partial charge in [0.05, 0.1) is 17.9 Å². The van der Waals surface area contributed by atoms with Crippen LogP contribution in [-0.2, 0) is 16.0 Å². The minimum atomic E-state index is -0.169. The van der Waals surface area contributed by atoms with Gasteiger partial charge in [0.25, 0.3) is 0 Å². The predicted molar refractivity (Wildman–Crippen MR) is 162 cm³/mol. The van der Waals surface area contributed by atoms with Crippen LogP contribution in [0, 0.1) is 0 Å². The third kappa shape index (κ3) is 7.87. The SMILES string of the molecule is CCn1cc(-c2ccnc(Nc3ccc(N4CCN(CCOCOC(C)(C)C)CC4)cc3)n2)c(-c2cccnc2)n1.